The summed E-state index contributed by atoms with van der Waals surface area (Å²) >= 11 is 0. The molecule has 8 aliphatic carbocycles. The molecule has 8 aliphatic rings. The van der Waals surface area contributed by atoms with Crippen molar-refractivity contribution in [1.29, 1.82) is 0 Å². The molecule has 8 bridgehead atoms. The van der Waals surface area contributed by atoms with E-state index in [2.05, 4.69) is 10.6 Å². The Balaban J connectivity index is 0.981. The summed E-state index contributed by atoms with van der Waals surface area (Å²) in [6.07, 6.45) is 16.3. The lowest BCUT2D eigenvalue weighted by molar-refractivity contribution is -0.153. The highest BCUT2D eigenvalue weighted by molar-refractivity contribution is 5.88. The number of esters is 1. The van der Waals surface area contributed by atoms with Crippen molar-refractivity contribution in [2.24, 2.45) is 46.3 Å². The number of carbonyl (C=O) groups is 3. The lowest BCUT2D eigenvalue weighted by Gasteiger charge is -2.55. The molecular weight excluding hydrogens is 440 g/mol. The Labute approximate surface area is 210 Å². The van der Waals surface area contributed by atoms with Crippen molar-refractivity contribution in [2.75, 3.05) is 13.7 Å². The van der Waals surface area contributed by atoms with Crippen LogP contribution in [0.2, 0.25) is 0 Å². The number of hydrogen-bond acceptors (Lipinski definition) is 4. The van der Waals surface area contributed by atoms with Gasteiger partial charge in [0, 0.05) is 17.4 Å². The lowest BCUT2D eigenvalue weighted by Crippen LogP contribution is -2.56. The highest BCUT2D eigenvalue weighted by atomic mass is 16.5. The first-order valence-electron chi connectivity index (χ1n) is 14.5. The van der Waals surface area contributed by atoms with Crippen LogP contribution in [0, 0.1) is 46.3 Å². The first kappa shape index (κ1) is 23.8. The van der Waals surface area contributed by atoms with Crippen LogP contribution in [0.3, 0.4) is 0 Å². The average molecular weight is 485 g/mol. The molecule has 8 rings (SSSR count). The van der Waals surface area contributed by atoms with Gasteiger partial charge in [0.15, 0.2) is 0 Å². The zero-order valence-electron chi connectivity index (χ0n) is 21.5. The first-order chi connectivity index (χ1) is 16.9. The van der Waals surface area contributed by atoms with E-state index in [-0.39, 0.29) is 28.6 Å². The summed E-state index contributed by atoms with van der Waals surface area (Å²) in [5.41, 5.74) is -0.359. The van der Waals surface area contributed by atoms with Gasteiger partial charge >= 0.3 is 5.97 Å². The summed E-state index contributed by atoms with van der Waals surface area (Å²) in [5, 5.41) is 6.36. The Morgan fingerprint density at radius 1 is 0.714 bits per heavy atom. The number of rotatable bonds is 9. The van der Waals surface area contributed by atoms with Crippen LogP contribution in [0.25, 0.3) is 0 Å². The van der Waals surface area contributed by atoms with Gasteiger partial charge in [-0.25, -0.2) is 4.79 Å². The molecule has 8 saturated carbocycles. The van der Waals surface area contributed by atoms with Crippen molar-refractivity contribution < 1.29 is 19.1 Å². The Morgan fingerprint density at radius 2 is 1.14 bits per heavy atom. The monoisotopic (exact) mass is 484 g/mol. The Bertz CT molecular complexity index is 796. The van der Waals surface area contributed by atoms with E-state index in [1.165, 1.54) is 45.6 Å². The van der Waals surface area contributed by atoms with Crippen LogP contribution in [0.15, 0.2) is 0 Å². The maximum absolute atomic E-state index is 13.4. The molecule has 0 aromatic heterocycles. The van der Waals surface area contributed by atoms with Crippen molar-refractivity contribution in [3.8, 4) is 0 Å². The van der Waals surface area contributed by atoms with E-state index in [1.54, 1.807) is 0 Å². The smallest absolute Gasteiger partial charge is 0.328 e. The van der Waals surface area contributed by atoms with Gasteiger partial charge in [0.2, 0.25) is 11.8 Å². The average Bonchev–Trinajstić information content (AvgIpc) is 2.80. The number of unbranched alkanes of at least 4 members (excludes halogenated alkanes) is 1. The molecule has 0 aromatic carbocycles. The van der Waals surface area contributed by atoms with Crippen LogP contribution < -0.4 is 10.6 Å². The number of hydrogen-bond donors (Lipinski definition) is 2. The van der Waals surface area contributed by atoms with E-state index in [0.717, 1.165) is 69.1 Å². The molecule has 0 spiro atoms. The van der Waals surface area contributed by atoms with Gasteiger partial charge in [-0.1, -0.05) is 0 Å². The Kier molecular flexibility index (Phi) is 6.16. The van der Waals surface area contributed by atoms with E-state index in [4.69, 9.17) is 4.74 Å². The zero-order chi connectivity index (χ0) is 24.2. The third-order valence-corrected chi connectivity index (χ3v) is 11.0. The zero-order valence-corrected chi connectivity index (χ0v) is 21.5. The maximum Gasteiger partial charge on any atom is 0.328 e. The fourth-order valence-electron chi connectivity index (χ4n) is 10.3. The summed E-state index contributed by atoms with van der Waals surface area (Å²) < 4.78 is 5.04. The van der Waals surface area contributed by atoms with Gasteiger partial charge in [-0.05, 0) is 132 Å². The maximum atomic E-state index is 13.4. The molecule has 6 heteroatoms. The van der Waals surface area contributed by atoms with Crippen molar-refractivity contribution >= 4 is 17.8 Å². The lowest BCUT2D eigenvalue weighted by atomic mass is 9.49. The predicted molar refractivity (Wildman–Crippen MR) is 132 cm³/mol. The molecule has 1 atom stereocenters. The third-order valence-electron chi connectivity index (χ3n) is 11.0. The second kappa shape index (κ2) is 9.06. The Morgan fingerprint density at radius 3 is 1.57 bits per heavy atom. The molecule has 0 saturated heterocycles. The number of amides is 2. The minimum Gasteiger partial charge on any atom is -0.467 e. The number of ether oxygens (including phenoxy) is 1. The molecule has 2 N–H and O–H groups in total. The van der Waals surface area contributed by atoms with Crippen molar-refractivity contribution in [3.63, 3.8) is 0 Å². The molecule has 2 amide bonds. The van der Waals surface area contributed by atoms with Crippen LogP contribution in [0.4, 0.5) is 0 Å². The van der Waals surface area contributed by atoms with Crippen LogP contribution in [-0.2, 0) is 19.1 Å². The standard InChI is InChI=1S/C29H44N2O4/c1-35-25(32)24(31-27(34)29-15-21-9-22(16-29)11-23(10-21)17-29)4-2-3-5-30-26(33)28-12-18-6-19(13-28)8-20(7-18)14-28/h18-24H,2-17H2,1H3,(H,30,33)(H,31,34). The molecular formula is C29H44N2O4. The minimum atomic E-state index is -0.584. The largest absolute Gasteiger partial charge is 0.467 e. The number of methoxy groups -OCH3 is 1. The molecule has 0 heterocycles. The molecule has 194 valence electrons. The van der Waals surface area contributed by atoms with Gasteiger partial charge in [-0.2, -0.15) is 0 Å². The van der Waals surface area contributed by atoms with Crippen LogP contribution in [-0.4, -0.2) is 37.5 Å². The normalized spacial score (nSPS) is 43.1. The van der Waals surface area contributed by atoms with Gasteiger partial charge in [-0.15, -0.1) is 0 Å². The predicted octanol–water partition coefficient (Wildman–Crippen LogP) is 4.36. The Hall–Kier alpha value is -1.59. The molecule has 8 fully saturated rings. The SMILES string of the molecule is COC(=O)C(CCCCNC(=O)C12CC3CC(CC(C3)C1)C2)NC(=O)C12CC3CC(CC(C3)C1)C2. The van der Waals surface area contributed by atoms with Crippen LogP contribution in [0.1, 0.15) is 96.3 Å². The van der Waals surface area contributed by atoms with Crippen molar-refractivity contribution in [3.05, 3.63) is 0 Å². The fourth-order valence-corrected chi connectivity index (χ4v) is 10.3. The van der Waals surface area contributed by atoms with Gasteiger partial charge in [0.05, 0.1) is 7.11 Å². The van der Waals surface area contributed by atoms with E-state index in [0.29, 0.717) is 30.7 Å². The quantitative estimate of drug-likeness (QED) is 0.376. The van der Waals surface area contributed by atoms with E-state index < -0.39 is 6.04 Å². The topological polar surface area (TPSA) is 84.5 Å². The van der Waals surface area contributed by atoms with Crippen LogP contribution >= 0.6 is 0 Å². The summed E-state index contributed by atoms with van der Waals surface area (Å²) in [6, 6.07) is -0.584. The highest BCUT2D eigenvalue weighted by Gasteiger charge is 2.56. The van der Waals surface area contributed by atoms with Gasteiger partial charge < -0.3 is 15.4 Å². The summed E-state index contributed by atoms with van der Waals surface area (Å²) in [4.78, 5) is 39.1. The van der Waals surface area contributed by atoms with Gasteiger partial charge in [0.1, 0.15) is 6.04 Å². The minimum absolute atomic E-state index is 0.0853. The second-order valence-electron chi connectivity index (χ2n) is 13.7. The summed E-state index contributed by atoms with van der Waals surface area (Å²) in [7, 11) is 1.40. The highest BCUT2D eigenvalue weighted by Crippen LogP contribution is 2.61. The van der Waals surface area contributed by atoms with E-state index in [1.807, 2.05) is 0 Å². The van der Waals surface area contributed by atoms with Gasteiger partial charge in [0.25, 0.3) is 0 Å². The molecule has 0 aliphatic heterocycles. The number of nitrogens with one attached hydrogen (secondary N) is 2. The third kappa shape index (κ3) is 4.41. The summed E-state index contributed by atoms with van der Waals surface area (Å²) in [5.74, 6) is 4.41. The number of carbonyl (C=O) groups excluding carboxylic acids is 3. The van der Waals surface area contributed by atoms with Crippen LogP contribution in [0.5, 0.6) is 0 Å². The van der Waals surface area contributed by atoms with E-state index >= 15 is 0 Å². The first-order valence-corrected chi connectivity index (χ1v) is 14.5. The van der Waals surface area contributed by atoms with Crippen molar-refractivity contribution in [2.45, 2.75) is 102 Å². The fraction of sp³-hybridized carbons (Fsp3) is 0.897. The van der Waals surface area contributed by atoms with Gasteiger partial charge in [-0.3, -0.25) is 9.59 Å². The second-order valence-corrected chi connectivity index (χ2v) is 13.7. The molecule has 35 heavy (non-hydrogen) atoms. The van der Waals surface area contributed by atoms with E-state index in [9.17, 15) is 14.4 Å². The summed E-state index contributed by atoms with van der Waals surface area (Å²) in [6.45, 7) is 0.650. The molecule has 0 radical (unpaired) electrons. The molecule has 1 unspecified atom stereocenters. The molecule has 0 aromatic rings. The van der Waals surface area contributed by atoms with Crippen molar-refractivity contribution in [1.82, 2.24) is 10.6 Å². The molecule has 6 nitrogen and oxygen atoms in total.